The van der Waals surface area contributed by atoms with Crippen molar-refractivity contribution >= 4 is 17.8 Å². The third-order valence-electron chi connectivity index (χ3n) is 5.02. The van der Waals surface area contributed by atoms with Gasteiger partial charge in [0.05, 0.1) is 23.8 Å². The summed E-state index contributed by atoms with van der Waals surface area (Å²) in [7, 11) is 2.04. The predicted octanol–water partition coefficient (Wildman–Crippen LogP) is 0.0988. The van der Waals surface area contributed by atoms with Crippen LogP contribution in [-0.4, -0.2) is 73.0 Å². The molecule has 2 aliphatic rings. The molecule has 24 heavy (non-hydrogen) atoms. The Morgan fingerprint density at radius 2 is 1.71 bits per heavy atom. The zero-order chi connectivity index (χ0) is 18.0. The number of hydrogen-bond donors (Lipinski definition) is 1. The normalized spacial score (nSPS) is 27.2. The number of likely N-dealkylation sites (N-methyl/N-ethyl adjacent to an activating group) is 1. The van der Waals surface area contributed by atoms with E-state index in [1.54, 1.807) is 20.8 Å². The zero-order valence-corrected chi connectivity index (χ0v) is 15.2. The molecule has 1 unspecified atom stereocenters. The standard InChI is InChI=1S/C17H29N3O4/c1-10(2)17(23)24-12(4)13-14(18-15(13)21)11(3)16(22)20-8-6-19(5)7-9-20/h10-14H,6-9H2,1-5H3,(H,18,21)/t11-,12?,13-,14-/m1/s1. The molecule has 7 nitrogen and oxygen atoms in total. The van der Waals surface area contributed by atoms with Crippen molar-refractivity contribution in [1.82, 2.24) is 15.1 Å². The van der Waals surface area contributed by atoms with E-state index in [-0.39, 0.29) is 35.7 Å². The highest BCUT2D eigenvalue weighted by Crippen LogP contribution is 2.29. The Bertz CT molecular complexity index is 500. The summed E-state index contributed by atoms with van der Waals surface area (Å²) in [4.78, 5) is 40.4. The minimum absolute atomic E-state index is 0.0560. The first-order valence-electron chi connectivity index (χ1n) is 8.70. The molecule has 2 fully saturated rings. The van der Waals surface area contributed by atoms with Gasteiger partial charge in [0.25, 0.3) is 0 Å². The van der Waals surface area contributed by atoms with Gasteiger partial charge in [0.2, 0.25) is 11.8 Å². The topological polar surface area (TPSA) is 78.9 Å². The molecule has 4 atom stereocenters. The van der Waals surface area contributed by atoms with Gasteiger partial charge in [-0.3, -0.25) is 14.4 Å². The fourth-order valence-electron chi connectivity index (χ4n) is 3.22. The van der Waals surface area contributed by atoms with Crippen molar-refractivity contribution in [2.24, 2.45) is 17.8 Å². The van der Waals surface area contributed by atoms with Crippen LogP contribution in [0.15, 0.2) is 0 Å². The number of nitrogens with zero attached hydrogens (tertiary/aromatic N) is 2. The summed E-state index contributed by atoms with van der Waals surface area (Å²) in [5.41, 5.74) is 0. The van der Waals surface area contributed by atoms with Crippen LogP contribution in [0.3, 0.4) is 0 Å². The van der Waals surface area contributed by atoms with E-state index in [4.69, 9.17) is 4.74 Å². The van der Waals surface area contributed by atoms with Crippen LogP contribution >= 0.6 is 0 Å². The summed E-state index contributed by atoms with van der Waals surface area (Å²) in [6, 6.07) is -0.278. The first kappa shape index (κ1) is 18.7. The van der Waals surface area contributed by atoms with Gasteiger partial charge in [-0.1, -0.05) is 20.8 Å². The first-order chi connectivity index (χ1) is 11.2. The maximum Gasteiger partial charge on any atom is 0.308 e. The SMILES string of the molecule is CC(C)C(=O)OC(C)[C@H]1C(=O)N[C@@H]1[C@@H](C)C(=O)N1CCN(C)CC1. The summed E-state index contributed by atoms with van der Waals surface area (Å²) in [5.74, 6) is -1.43. The lowest BCUT2D eigenvalue weighted by Crippen LogP contribution is -2.67. The number of nitrogens with one attached hydrogen (secondary N) is 1. The van der Waals surface area contributed by atoms with Crippen LogP contribution in [-0.2, 0) is 19.1 Å². The molecule has 2 rings (SSSR count). The third kappa shape index (κ3) is 3.88. The molecule has 2 aliphatic heterocycles. The first-order valence-corrected chi connectivity index (χ1v) is 8.70. The van der Waals surface area contributed by atoms with Crippen LogP contribution < -0.4 is 5.32 Å². The number of esters is 1. The summed E-state index contributed by atoms with van der Waals surface area (Å²) in [5, 5.41) is 2.82. The maximum atomic E-state index is 12.7. The van der Waals surface area contributed by atoms with Gasteiger partial charge < -0.3 is 19.9 Å². The highest BCUT2D eigenvalue weighted by molar-refractivity contribution is 5.90. The maximum absolute atomic E-state index is 12.7. The van der Waals surface area contributed by atoms with Crippen molar-refractivity contribution in [3.63, 3.8) is 0 Å². The van der Waals surface area contributed by atoms with E-state index in [9.17, 15) is 14.4 Å². The number of hydrogen-bond acceptors (Lipinski definition) is 5. The van der Waals surface area contributed by atoms with Gasteiger partial charge in [0.15, 0.2) is 0 Å². The smallest absolute Gasteiger partial charge is 0.308 e. The average Bonchev–Trinajstić information content (AvgIpc) is 2.51. The number of carbonyl (C=O) groups is 3. The Morgan fingerprint density at radius 3 is 2.21 bits per heavy atom. The minimum atomic E-state index is -0.526. The molecule has 0 aromatic rings. The lowest BCUT2D eigenvalue weighted by molar-refractivity contribution is -0.163. The number of rotatable bonds is 5. The summed E-state index contributed by atoms with van der Waals surface area (Å²) in [6.07, 6.45) is -0.526. The molecular formula is C17H29N3O4. The fraction of sp³-hybridized carbons (Fsp3) is 0.824. The summed E-state index contributed by atoms with van der Waals surface area (Å²) < 4.78 is 5.37. The van der Waals surface area contributed by atoms with Crippen molar-refractivity contribution in [3.8, 4) is 0 Å². The molecular weight excluding hydrogens is 310 g/mol. The molecule has 0 aromatic carbocycles. The number of carbonyl (C=O) groups excluding carboxylic acids is 3. The van der Waals surface area contributed by atoms with Gasteiger partial charge in [-0.05, 0) is 14.0 Å². The molecule has 2 heterocycles. The highest BCUT2D eigenvalue weighted by atomic mass is 16.5. The Balaban J connectivity index is 1.96. The van der Waals surface area contributed by atoms with E-state index in [0.29, 0.717) is 13.1 Å². The molecule has 0 radical (unpaired) electrons. The lowest BCUT2D eigenvalue weighted by atomic mass is 9.78. The van der Waals surface area contributed by atoms with Crippen LogP contribution in [0.5, 0.6) is 0 Å². The number of β-lactam (4-membered cyclic amide) rings is 1. The second-order valence-corrected chi connectivity index (χ2v) is 7.27. The predicted molar refractivity (Wildman–Crippen MR) is 89.1 cm³/mol. The van der Waals surface area contributed by atoms with Crippen molar-refractivity contribution in [1.29, 1.82) is 0 Å². The lowest BCUT2D eigenvalue weighted by Gasteiger charge is -2.44. The summed E-state index contributed by atoms with van der Waals surface area (Å²) in [6.45, 7) is 10.2. The van der Waals surface area contributed by atoms with Gasteiger partial charge in [-0.2, -0.15) is 0 Å². The Hall–Kier alpha value is -1.63. The highest BCUT2D eigenvalue weighted by Gasteiger charge is 2.49. The van der Waals surface area contributed by atoms with Gasteiger partial charge in [0.1, 0.15) is 6.10 Å². The van der Waals surface area contributed by atoms with Crippen molar-refractivity contribution in [3.05, 3.63) is 0 Å². The van der Waals surface area contributed by atoms with E-state index >= 15 is 0 Å². The van der Waals surface area contributed by atoms with E-state index < -0.39 is 12.0 Å². The van der Waals surface area contributed by atoms with Gasteiger partial charge in [-0.25, -0.2) is 0 Å². The quantitative estimate of drug-likeness (QED) is 0.568. The molecule has 0 aromatic heterocycles. The molecule has 0 spiro atoms. The second kappa shape index (κ2) is 7.51. The number of ether oxygens (including phenoxy) is 1. The Kier molecular flexibility index (Phi) is 5.85. The van der Waals surface area contributed by atoms with E-state index in [1.807, 2.05) is 18.9 Å². The van der Waals surface area contributed by atoms with Gasteiger partial charge >= 0.3 is 5.97 Å². The molecule has 2 saturated heterocycles. The van der Waals surface area contributed by atoms with Crippen LogP contribution in [0, 0.1) is 17.8 Å². The van der Waals surface area contributed by atoms with Crippen molar-refractivity contribution < 1.29 is 19.1 Å². The van der Waals surface area contributed by atoms with Crippen LogP contribution in [0.4, 0.5) is 0 Å². The van der Waals surface area contributed by atoms with Crippen LogP contribution in [0.1, 0.15) is 27.7 Å². The van der Waals surface area contributed by atoms with Crippen molar-refractivity contribution in [2.75, 3.05) is 33.2 Å². The Morgan fingerprint density at radius 1 is 1.12 bits per heavy atom. The monoisotopic (exact) mass is 339 g/mol. The third-order valence-corrected chi connectivity index (χ3v) is 5.02. The molecule has 0 bridgehead atoms. The summed E-state index contributed by atoms with van der Waals surface area (Å²) >= 11 is 0. The van der Waals surface area contributed by atoms with Crippen LogP contribution in [0.25, 0.3) is 0 Å². The number of piperazine rings is 1. The molecule has 136 valence electrons. The van der Waals surface area contributed by atoms with Gasteiger partial charge in [0, 0.05) is 26.2 Å². The van der Waals surface area contributed by atoms with E-state index in [2.05, 4.69) is 10.2 Å². The Labute approximate surface area is 143 Å². The van der Waals surface area contributed by atoms with Gasteiger partial charge in [-0.15, -0.1) is 0 Å². The second-order valence-electron chi connectivity index (χ2n) is 7.27. The minimum Gasteiger partial charge on any atom is -0.462 e. The van der Waals surface area contributed by atoms with E-state index in [1.165, 1.54) is 0 Å². The molecule has 0 aliphatic carbocycles. The molecule has 0 saturated carbocycles. The number of amides is 2. The zero-order valence-electron chi connectivity index (χ0n) is 15.2. The fourth-order valence-corrected chi connectivity index (χ4v) is 3.22. The van der Waals surface area contributed by atoms with Crippen LogP contribution in [0.2, 0.25) is 0 Å². The largest absolute Gasteiger partial charge is 0.462 e. The van der Waals surface area contributed by atoms with E-state index in [0.717, 1.165) is 13.1 Å². The molecule has 2 amide bonds. The molecule has 7 heteroatoms. The molecule has 1 N–H and O–H groups in total. The van der Waals surface area contributed by atoms with Crippen molar-refractivity contribution in [2.45, 2.75) is 39.8 Å². The average molecular weight is 339 g/mol.